The summed E-state index contributed by atoms with van der Waals surface area (Å²) in [6, 6.07) is 7.90. The molecule has 152 valence electrons. The van der Waals surface area contributed by atoms with E-state index in [0.29, 0.717) is 32.6 Å². The molecule has 0 radical (unpaired) electrons. The number of nitrogens with zero attached hydrogens (tertiary/aromatic N) is 3. The number of hydrogen-bond acceptors (Lipinski definition) is 4. The van der Waals surface area contributed by atoms with Crippen molar-refractivity contribution in [2.24, 2.45) is 11.8 Å². The quantitative estimate of drug-likeness (QED) is 0.850. The van der Waals surface area contributed by atoms with Crippen LogP contribution in [-0.4, -0.2) is 77.9 Å². The topological polar surface area (TPSA) is 64.1 Å². The van der Waals surface area contributed by atoms with Crippen molar-refractivity contribution < 1.29 is 14.7 Å². The van der Waals surface area contributed by atoms with E-state index in [4.69, 9.17) is 0 Å². The third-order valence-electron chi connectivity index (χ3n) is 6.76. The number of carbonyl (C=O) groups excluding carboxylic acids is 2. The van der Waals surface area contributed by atoms with Crippen LogP contribution in [0.25, 0.3) is 0 Å². The van der Waals surface area contributed by atoms with Gasteiger partial charge in [-0.1, -0.05) is 29.8 Å². The first-order valence-corrected chi connectivity index (χ1v) is 10.4. The standard InChI is InChI=1S/C22H31N3O3/c1-16-3-5-19(6-4-16)22(28)9-12-24(15-22)21(27)18-13-25(14-18)20(26)17-7-10-23(2)11-8-17/h3-6,17-18,28H,7-15H2,1-2H3. The lowest BCUT2D eigenvalue weighted by Crippen LogP contribution is -2.58. The van der Waals surface area contributed by atoms with Gasteiger partial charge in [0.25, 0.3) is 0 Å². The molecule has 1 unspecified atom stereocenters. The second-order valence-corrected chi connectivity index (χ2v) is 8.93. The Bertz CT molecular complexity index is 736. The third-order valence-corrected chi connectivity index (χ3v) is 6.76. The number of aryl methyl sites for hydroxylation is 1. The summed E-state index contributed by atoms with van der Waals surface area (Å²) in [5.74, 6) is 0.298. The van der Waals surface area contributed by atoms with Gasteiger partial charge >= 0.3 is 0 Å². The number of rotatable bonds is 3. The maximum Gasteiger partial charge on any atom is 0.229 e. The first kappa shape index (κ1) is 19.4. The van der Waals surface area contributed by atoms with Crippen molar-refractivity contribution in [3.63, 3.8) is 0 Å². The molecule has 3 aliphatic rings. The Labute approximate surface area is 167 Å². The molecule has 6 heteroatoms. The van der Waals surface area contributed by atoms with Crippen LogP contribution >= 0.6 is 0 Å². The zero-order chi connectivity index (χ0) is 19.9. The van der Waals surface area contributed by atoms with E-state index in [-0.39, 0.29) is 23.7 Å². The fourth-order valence-corrected chi connectivity index (χ4v) is 4.67. The molecule has 1 atom stereocenters. The van der Waals surface area contributed by atoms with Crippen LogP contribution in [0.3, 0.4) is 0 Å². The monoisotopic (exact) mass is 385 g/mol. The highest BCUT2D eigenvalue weighted by atomic mass is 16.3. The van der Waals surface area contributed by atoms with Gasteiger partial charge in [-0.3, -0.25) is 9.59 Å². The number of benzene rings is 1. The van der Waals surface area contributed by atoms with Gasteiger partial charge in [0.15, 0.2) is 0 Å². The fourth-order valence-electron chi connectivity index (χ4n) is 4.67. The molecule has 28 heavy (non-hydrogen) atoms. The molecule has 1 aromatic carbocycles. The number of piperidine rings is 1. The Balaban J connectivity index is 1.29. The van der Waals surface area contributed by atoms with Gasteiger partial charge in [0, 0.05) is 25.6 Å². The van der Waals surface area contributed by atoms with Gasteiger partial charge in [-0.2, -0.15) is 0 Å². The summed E-state index contributed by atoms with van der Waals surface area (Å²) in [4.78, 5) is 31.4. The SMILES string of the molecule is Cc1ccc(C2(O)CCN(C(=O)C3CN(C(=O)C4CCN(C)CC4)C3)C2)cc1. The van der Waals surface area contributed by atoms with Crippen LogP contribution in [0.15, 0.2) is 24.3 Å². The summed E-state index contributed by atoms with van der Waals surface area (Å²) in [6.07, 6.45) is 2.40. The summed E-state index contributed by atoms with van der Waals surface area (Å²) in [6.45, 7) is 5.94. The van der Waals surface area contributed by atoms with E-state index >= 15 is 0 Å². The van der Waals surface area contributed by atoms with Crippen LogP contribution in [0.5, 0.6) is 0 Å². The van der Waals surface area contributed by atoms with Crippen LogP contribution in [0, 0.1) is 18.8 Å². The molecule has 1 aromatic rings. The van der Waals surface area contributed by atoms with Gasteiger partial charge in [-0.05, 0) is 51.9 Å². The molecule has 0 aromatic heterocycles. The van der Waals surface area contributed by atoms with Crippen molar-refractivity contribution in [1.29, 1.82) is 0 Å². The fraction of sp³-hybridized carbons (Fsp3) is 0.636. The van der Waals surface area contributed by atoms with E-state index in [0.717, 1.165) is 37.1 Å². The average Bonchev–Trinajstić information content (AvgIpc) is 3.05. The molecule has 0 aliphatic carbocycles. The highest BCUT2D eigenvalue weighted by Crippen LogP contribution is 2.34. The van der Waals surface area contributed by atoms with Gasteiger partial charge < -0.3 is 19.8 Å². The summed E-state index contributed by atoms with van der Waals surface area (Å²) < 4.78 is 0. The average molecular weight is 386 g/mol. The minimum absolute atomic E-state index is 0.0791. The molecule has 3 aliphatic heterocycles. The van der Waals surface area contributed by atoms with Crippen LogP contribution in [-0.2, 0) is 15.2 Å². The normalized spacial score (nSPS) is 27.1. The van der Waals surface area contributed by atoms with Crippen LogP contribution < -0.4 is 0 Å². The maximum absolute atomic E-state index is 12.9. The highest BCUT2D eigenvalue weighted by molar-refractivity contribution is 5.85. The molecule has 3 fully saturated rings. The molecule has 2 amide bonds. The smallest absolute Gasteiger partial charge is 0.229 e. The Morgan fingerprint density at radius 3 is 2.21 bits per heavy atom. The van der Waals surface area contributed by atoms with E-state index in [2.05, 4.69) is 11.9 Å². The molecule has 0 bridgehead atoms. The minimum atomic E-state index is -0.962. The van der Waals surface area contributed by atoms with Crippen molar-refractivity contribution >= 4 is 11.8 Å². The lowest BCUT2D eigenvalue weighted by Gasteiger charge is -2.42. The summed E-state index contributed by atoms with van der Waals surface area (Å²) in [5, 5.41) is 11.0. The van der Waals surface area contributed by atoms with Crippen LogP contribution in [0.1, 0.15) is 30.4 Å². The molecular formula is C22H31N3O3. The molecule has 0 saturated carbocycles. The van der Waals surface area contributed by atoms with Gasteiger partial charge in [-0.25, -0.2) is 0 Å². The Hall–Kier alpha value is -1.92. The number of amides is 2. The van der Waals surface area contributed by atoms with E-state index in [1.807, 2.05) is 36.1 Å². The number of hydrogen-bond donors (Lipinski definition) is 1. The summed E-state index contributed by atoms with van der Waals surface area (Å²) >= 11 is 0. The maximum atomic E-state index is 12.9. The van der Waals surface area contributed by atoms with Crippen LogP contribution in [0.4, 0.5) is 0 Å². The first-order valence-electron chi connectivity index (χ1n) is 10.4. The lowest BCUT2D eigenvalue weighted by molar-refractivity contribution is -0.151. The molecule has 3 saturated heterocycles. The molecule has 0 spiro atoms. The minimum Gasteiger partial charge on any atom is -0.383 e. The first-order chi connectivity index (χ1) is 13.4. The number of carbonyl (C=O) groups is 2. The van der Waals surface area contributed by atoms with Gasteiger partial charge in [-0.15, -0.1) is 0 Å². The van der Waals surface area contributed by atoms with E-state index in [1.165, 1.54) is 0 Å². The van der Waals surface area contributed by atoms with Crippen molar-refractivity contribution in [2.45, 2.75) is 31.8 Å². The molecule has 6 nitrogen and oxygen atoms in total. The largest absolute Gasteiger partial charge is 0.383 e. The Kier molecular flexibility index (Phi) is 5.19. The Morgan fingerprint density at radius 2 is 1.57 bits per heavy atom. The summed E-state index contributed by atoms with van der Waals surface area (Å²) in [7, 11) is 2.09. The van der Waals surface area contributed by atoms with Crippen molar-refractivity contribution in [2.75, 3.05) is 46.3 Å². The van der Waals surface area contributed by atoms with Crippen LogP contribution in [0.2, 0.25) is 0 Å². The number of β-amino-alcohol motifs (C(OH)–C–C–N with tert-alkyl or cyclic N) is 1. The van der Waals surface area contributed by atoms with Gasteiger partial charge in [0.05, 0.1) is 12.5 Å². The highest BCUT2D eigenvalue weighted by Gasteiger charge is 2.45. The predicted molar refractivity (Wildman–Crippen MR) is 107 cm³/mol. The third kappa shape index (κ3) is 3.67. The van der Waals surface area contributed by atoms with E-state index in [9.17, 15) is 14.7 Å². The molecule has 4 rings (SSSR count). The van der Waals surface area contributed by atoms with Gasteiger partial charge in [0.1, 0.15) is 5.60 Å². The second-order valence-electron chi connectivity index (χ2n) is 8.93. The van der Waals surface area contributed by atoms with Crippen molar-refractivity contribution in [3.8, 4) is 0 Å². The van der Waals surface area contributed by atoms with Crippen molar-refractivity contribution in [1.82, 2.24) is 14.7 Å². The zero-order valence-electron chi connectivity index (χ0n) is 16.9. The Morgan fingerprint density at radius 1 is 0.964 bits per heavy atom. The molecule has 1 N–H and O–H groups in total. The van der Waals surface area contributed by atoms with E-state index < -0.39 is 5.60 Å². The zero-order valence-corrected chi connectivity index (χ0v) is 16.9. The molecular weight excluding hydrogens is 354 g/mol. The second kappa shape index (κ2) is 7.48. The predicted octanol–water partition coefficient (Wildman–Crippen LogP) is 1.22. The van der Waals surface area contributed by atoms with Gasteiger partial charge in [0.2, 0.25) is 11.8 Å². The summed E-state index contributed by atoms with van der Waals surface area (Å²) in [5.41, 5.74) is 1.07. The number of aliphatic hydroxyl groups is 1. The number of likely N-dealkylation sites (tertiary alicyclic amines) is 3. The molecule has 3 heterocycles. The van der Waals surface area contributed by atoms with E-state index in [1.54, 1.807) is 4.90 Å². The lowest BCUT2D eigenvalue weighted by atomic mass is 9.91. The van der Waals surface area contributed by atoms with Crippen molar-refractivity contribution in [3.05, 3.63) is 35.4 Å².